The number of pyridine rings is 1. The average molecular weight is 380 g/mol. The Kier molecular flexibility index (Phi) is 4.36. The number of hydrogen-bond acceptors (Lipinski definition) is 3. The van der Waals surface area contributed by atoms with Gasteiger partial charge in [-0.2, -0.15) is 0 Å². The summed E-state index contributed by atoms with van der Waals surface area (Å²) in [4.78, 5) is 16.5. The predicted octanol–water partition coefficient (Wildman–Crippen LogP) is 6.51. The van der Waals surface area contributed by atoms with E-state index in [0.717, 1.165) is 17.4 Å². The molecule has 0 aliphatic rings. The normalized spacial score (nSPS) is 12.6. The molecule has 0 aliphatic heterocycles. The van der Waals surface area contributed by atoms with Crippen molar-refractivity contribution in [2.75, 3.05) is 0 Å². The third kappa shape index (κ3) is 3.17. The quantitative estimate of drug-likeness (QED) is 0.438. The molecule has 0 fully saturated rings. The van der Waals surface area contributed by atoms with Gasteiger partial charge in [-0.25, -0.2) is 9.78 Å². The molecule has 136 valence electrons. The Balaban J connectivity index is 1.92. The molecule has 0 saturated heterocycles. The Morgan fingerprint density at radius 2 is 2.00 bits per heavy atom. The fraction of sp³-hybridized carbons (Fsp3) is 0.182. The van der Waals surface area contributed by atoms with E-state index in [9.17, 15) is 9.90 Å². The third-order valence-corrected chi connectivity index (χ3v) is 5.21. The fourth-order valence-corrected chi connectivity index (χ4v) is 3.41. The van der Waals surface area contributed by atoms with Gasteiger partial charge >= 0.3 is 5.97 Å². The minimum Gasteiger partial charge on any atom is -0.478 e. The van der Waals surface area contributed by atoms with Crippen molar-refractivity contribution in [3.8, 4) is 11.5 Å². The van der Waals surface area contributed by atoms with Gasteiger partial charge in [-0.05, 0) is 60.4 Å². The minimum atomic E-state index is -0.982. The Morgan fingerprint density at radius 3 is 2.74 bits per heavy atom. The second-order valence-electron chi connectivity index (χ2n) is 6.74. The lowest BCUT2D eigenvalue weighted by Crippen LogP contribution is -2.01. The third-order valence-electron chi connectivity index (χ3n) is 4.98. The molecular formula is C22H18ClNO3. The van der Waals surface area contributed by atoms with Crippen LogP contribution in [-0.4, -0.2) is 16.1 Å². The highest BCUT2D eigenvalue weighted by molar-refractivity contribution is 6.31. The first-order chi connectivity index (χ1) is 13.0. The largest absolute Gasteiger partial charge is 0.478 e. The summed E-state index contributed by atoms with van der Waals surface area (Å²) in [5.41, 5.74) is 3.14. The molecule has 1 unspecified atom stereocenters. The van der Waals surface area contributed by atoms with Gasteiger partial charge in [0.1, 0.15) is 11.3 Å². The van der Waals surface area contributed by atoms with E-state index in [1.807, 2.05) is 30.3 Å². The van der Waals surface area contributed by atoms with Gasteiger partial charge in [0, 0.05) is 15.8 Å². The van der Waals surface area contributed by atoms with Crippen LogP contribution in [0.25, 0.3) is 33.3 Å². The van der Waals surface area contributed by atoms with Gasteiger partial charge in [0.25, 0.3) is 0 Å². The van der Waals surface area contributed by atoms with Gasteiger partial charge in [0.2, 0.25) is 0 Å². The van der Waals surface area contributed by atoms with Crippen molar-refractivity contribution in [2.24, 2.45) is 0 Å². The molecule has 0 aliphatic carbocycles. The van der Waals surface area contributed by atoms with Crippen LogP contribution in [0.1, 0.15) is 42.1 Å². The van der Waals surface area contributed by atoms with Gasteiger partial charge in [0.15, 0.2) is 5.76 Å². The van der Waals surface area contributed by atoms with Crippen molar-refractivity contribution in [3.05, 3.63) is 64.7 Å². The smallest absolute Gasteiger partial charge is 0.336 e. The zero-order valence-electron chi connectivity index (χ0n) is 15.0. The van der Waals surface area contributed by atoms with Crippen LogP contribution in [0.15, 0.2) is 52.9 Å². The number of carboxylic acids is 1. The number of benzene rings is 2. The lowest BCUT2D eigenvalue weighted by atomic mass is 9.95. The molecule has 27 heavy (non-hydrogen) atoms. The number of furan rings is 1. The summed E-state index contributed by atoms with van der Waals surface area (Å²) < 4.78 is 5.86. The summed E-state index contributed by atoms with van der Waals surface area (Å²) in [5.74, 6) is -0.109. The number of carboxylic acid groups (broad SMARTS) is 1. The van der Waals surface area contributed by atoms with Crippen molar-refractivity contribution in [1.29, 1.82) is 0 Å². The van der Waals surface area contributed by atoms with E-state index < -0.39 is 5.97 Å². The molecule has 1 atom stereocenters. The zero-order chi connectivity index (χ0) is 19.1. The van der Waals surface area contributed by atoms with Crippen molar-refractivity contribution in [1.82, 2.24) is 4.98 Å². The first kappa shape index (κ1) is 17.6. The summed E-state index contributed by atoms with van der Waals surface area (Å²) in [7, 11) is 0. The number of aromatic nitrogens is 1. The fourth-order valence-electron chi connectivity index (χ4n) is 3.23. The van der Waals surface area contributed by atoms with E-state index in [1.165, 1.54) is 0 Å². The Bertz CT molecular complexity index is 1180. The second kappa shape index (κ2) is 6.71. The second-order valence-corrected chi connectivity index (χ2v) is 7.18. The van der Waals surface area contributed by atoms with Crippen LogP contribution < -0.4 is 0 Å². The van der Waals surface area contributed by atoms with Crippen molar-refractivity contribution < 1.29 is 14.3 Å². The lowest BCUT2D eigenvalue weighted by Gasteiger charge is -2.11. The molecule has 0 bridgehead atoms. The van der Waals surface area contributed by atoms with E-state index in [1.54, 1.807) is 18.2 Å². The molecule has 2 aromatic heterocycles. The van der Waals surface area contributed by atoms with E-state index >= 15 is 0 Å². The zero-order valence-corrected chi connectivity index (χ0v) is 15.7. The monoisotopic (exact) mass is 379 g/mol. The summed E-state index contributed by atoms with van der Waals surface area (Å²) in [6, 6.07) is 14.6. The molecule has 2 heterocycles. The molecule has 0 saturated carbocycles. The minimum absolute atomic E-state index is 0.221. The van der Waals surface area contributed by atoms with E-state index in [-0.39, 0.29) is 5.56 Å². The molecule has 0 spiro atoms. The Morgan fingerprint density at radius 1 is 1.19 bits per heavy atom. The van der Waals surface area contributed by atoms with Crippen molar-refractivity contribution in [3.63, 3.8) is 0 Å². The summed E-state index contributed by atoms with van der Waals surface area (Å²) >= 11 is 6.04. The van der Waals surface area contributed by atoms with Crippen LogP contribution in [0.2, 0.25) is 5.02 Å². The van der Waals surface area contributed by atoms with Crippen LogP contribution in [0, 0.1) is 0 Å². The van der Waals surface area contributed by atoms with E-state index in [0.29, 0.717) is 38.9 Å². The predicted molar refractivity (Wildman–Crippen MR) is 108 cm³/mol. The Labute approximate surface area is 161 Å². The summed E-state index contributed by atoms with van der Waals surface area (Å²) in [5, 5.41) is 11.8. The topological polar surface area (TPSA) is 63.3 Å². The Hall–Kier alpha value is -2.85. The number of hydrogen-bond donors (Lipinski definition) is 1. The maximum absolute atomic E-state index is 11.9. The standard InChI is InChI=1S/C22H18ClNO3/c1-3-12(2)13-4-6-18-16(9-13)17(22(25)26)11-19(24-18)21-10-14-8-15(23)5-7-20(14)27-21/h4-12H,3H2,1-2H3,(H,25,26). The molecule has 4 aromatic rings. The number of aromatic carboxylic acids is 1. The van der Waals surface area contributed by atoms with Gasteiger partial charge < -0.3 is 9.52 Å². The summed E-state index contributed by atoms with van der Waals surface area (Å²) in [6.45, 7) is 4.24. The molecule has 0 radical (unpaired) electrons. The highest BCUT2D eigenvalue weighted by Crippen LogP contribution is 2.32. The van der Waals surface area contributed by atoms with Gasteiger partial charge in [-0.3, -0.25) is 0 Å². The highest BCUT2D eigenvalue weighted by atomic mass is 35.5. The SMILES string of the molecule is CCC(C)c1ccc2nc(-c3cc4cc(Cl)ccc4o3)cc(C(=O)O)c2c1. The molecule has 5 heteroatoms. The van der Waals surface area contributed by atoms with Crippen LogP contribution in [0.3, 0.4) is 0 Å². The number of fused-ring (bicyclic) bond motifs is 2. The molecule has 1 N–H and O–H groups in total. The van der Waals surface area contributed by atoms with Gasteiger partial charge in [0.05, 0.1) is 11.1 Å². The number of nitrogens with zero attached hydrogens (tertiary/aromatic N) is 1. The molecule has 0 amide bonds. The van der Waals surface area contributed by atoms with Gasteiger partial charge in [-0.15, -0.1) is 0 Å². The molecule has 4 nitrogen and oxygen atoms in total. The van der Waals surface area contributed by atoms with Crippen LogP contribution in [0.5, 0.6) is 0 Å². The average Bonchev–Trinajstić information content (AvgIpc) is 3.09. The summed E-state index contributed by atoms with van der Waals surface area (Å²) in [6.07, 6.45) is 0.987. The van der Waals surface area contributed by atoms with Crippen LogP contribution in [0.4, 0.5) is 0 Å². The number of halogens is 1. The van der Waals surface area contributed by atoms with Crippen molar-refractivity contribution in [2.45, 2.75) is 26.2 Å². The first-order valence-corrected chi connectivity index (χ1v) is 9.21. The van der Waals surface area contributed by atoms with Crippen LogP contribution >= 0.6 is 11.6 Å². The van der Waals surface area contributed by atoms with Crippen molar-refractivity contribution >= 4 is 39.4 Å². The molecule has 4 rings (SSSR count). The maximum Gasteiger partial charge on any atom is 0.336 e. The number of carbonyl (C=O) groups is 1. The highest BCUT2D eigenvalue weighted by Gasteiger charge is 2.17. The van der Waals surface area contributed by atoms with E-state index in [2.05, 4.69) is 18.8 Å². The van der Waals surface area contributed by atoms with E-state index in [4.69, 9.17) is 16.0 Å². The maximum atomic E-state index is 11.9. The molecule has 2 aromatic carbocycles. The number of rotatable bonds is 4. The van der Waals surface area contributed by atoms with Gasteiger partial charge in [-0.1, -0.05) is 31.5 Å². The van der Waals surface area contributed by atoms with Crippen LogP contribution in [-0.2, 0) is 0 Å². The lowest BCUT2D eigenvalue weighted by molar-refractivity contribution is 0.0699. The first-order valence-electron chi connectivity index (χ1n) is 8.83. The molecular weight excluding hydrogens is 362 g/mol.